The second kappa shape index (κ2) is 5.87. The predicted octanol–water partition coefficient (Wildman–Crippen LogP) is 1.99. The molecular formula is C12H23NO3. The van der Waals surface area contributed by atoms with E-state index in [0.29, 0.717) is 19.0 Å². The third-order valence-electron chi connectivity index (χ3n) is 2.49. The summed E-state index contributed by atoms with van der Waals surface area (Å²) >= 11 is 0. The first-order chi connectivity index (χ1) is 7.20. The first kappa shape index (κ1) is 14.9. The summed E-state index contributed by atoms with van der Waals surface area (Å²) in [6, 6.07) is 0. The van der Waals surface area contributed by atoms with E-state index in [-0.39, 0.29) is 12.3 Å². The summed E-state index contributed by atoms with van der Waals surface area (Å²) in [6.07, 6.45) is 0.0584. The smallest absolute Gasteiger partial charge is 0.309 e. The molecule has 0 atom stereocenters. The van der Waals surface area contributed by atoms with Crippen LogP contribution in [0, 0.1) is 11.3 Å². The molecule has 0 saturated carbocycles. The molecule has 0 aliphatic carbocycles. The largest absolute Gasteiger partial charge is 0.481 e. The second-order valence-corrected chi connectivity index (χ2v) is 5.19. The van der Waals surface area contributed by atoms with E-state index >= 15 is 0 Å². The van der Waals surface area contributed by atoms with E-state index in [1.807, 2.05) is 20.8 Å². The zero-order chi connectivity index (χ0) is 12.9. The first-order valence-corrected chi connectivity index (χ1v) is 5.72. The van der Waals surface area contributed by atoms with E-state index in [2.05, 4.69) is 0 Å². The third-order valence-corrected chi connectivity index (χ3v) is 2.49. The number of hydrogen-bond donors (Lipinski definition) is 1. The standard InChI is InChI=1S/C12H23NO3/c1-6-13(8-9(2)3)10(14)7-12(4,5)11(15)16/h9H,6-8H2,1-5H3,(H,15,16). The van der Waals surface area contributed by atoms with Crippen molar-refractivity contribution in [3.8, 4) is 0 Å². The van der Waals surface area contributed by atoms with Crippen molar-refractivity contribution in [3.05, 3.63) is 0 Å². The van der Waals surface area contributed by atoms with Gasteiger partial charge in [-0.05, 0) is 26.7 Å². The highest BCUT2D eigenvalue weighted by molar-refractivity contribution is 5.84. The molecule has 0 aromatic carbocycles. The van der Waals surface area contributed by atoms with Crippen molar-refractivity contribution in [1.82, 2.24) is 4.90 Å². The number of carbonyl (C=O) groups excluding carboxylic acids is 1. The number of hydrogen-bond acceptors (Lipinski definition) is 2. The van der Waals surface area contributed by atoms with Crippen molar-refractivity contribution >= 4 is 11.9 Å². The summed E-state index contributed by atoms with van der Waals surface area (Å²) in [5, 5.41) is 8.96. The number of carboxylic acid groups (broad SMARTS) is 1. The highest BCUT2D eigenvalue weighted by atomic mass is 16.4. The van der Waals surface area contributed by atoms with Crippen LogP contribution in [0.3, 0.4) is 0 Å². The SMILES string of the molecule is CCN(CC(C)C)C(=O)CC(C)(C)C(=O)O. The number of carbonyl (C=O) groups is 2. The first-order valence-electron chi connectivity index (χ1n) is 5.72. The van der Waals surface area contributed by atoms with Gasteiger partial charge < -0.3 is 10.0 Å². The second-order valence-electron chi connectivity index (χ2n) is 5.19. The lowest BCUT2D eigenvalue weighted by Crippen LogP contribution is -2.38. The van der Waals surface area contributed by atoms with Crippen molar-refractivity contribution in [2.75, 3.05) is 13.1 Å². The summed E-state index contributed by atoms with van der Waals surface area (Å²) in [5.41, 5.74) is -0.985. The van der Waals surface area contributed by atoms with Crippen LogP contribution in [0.25, 0.3) is 0 Å². The Morgan fingerprint density at radius 3 is 2.12 bits per heavy atom. The minimum absolute atomic E-state index is 0.0584. The fourth-order valence-electron chi connectivity index (χ4n) is 1.41. The van der Waals surface area contributed by atoms with Crippen LogP contribution in [0.4, 0.5) is 0 Å². The van der Waals surface area contributed by atoms with Gasteiger partial charge in [0, 0.05) is 19.5 Å². The Bertz CT molecular complexity index is 259. The Labute approximate surface area is 97.6 Å². The molecule has 1 N–H and O–H groups in total. The molecule has 4 heteroatoms. The van der Waals surface area contributed by atoms with Gasteiger partial charge in [0.05, 0.1) is 5.41 Å². The van der Waals surface area contributed by atoms with Crippen LogP contribution in [-0.4, -0.2) is 35.0 Å². The molecule has 0 aromatic rings. The third kappa shape index (κ3) is 4.64. The molecule has 0 heterocycles. The van der Waals surface area contributed by atoms with Gasteiger partial charge >= 0.3 is 5.97 Å². The maximum atomic E-state index is 11.9. The molecule has 0 bridgehead atoms. The summed E-state index contributed by atoms with van der Waals surface area (Å²) in [4.78, 5) is 24.5. The summed E-state index contributed by atoms with van der Waals surface area (Å²) < 4.78 is 0. The van der Waals surface area contributed by atoms with Crippen LogP contribution < -0.4 is 0 Å². The van der Waals surface area contributed by atoms with E-state index < -0.39 is 11.4 Å². The normalized spacial score (nSPS) is 11.6. The molecule has 0 aliphatic heterocycles. The Morgan fingerprint density at radius 1 is 1.31 bits per heavy atom. The van der Waals surface area contributed by atoms with E-state index in [9.17, 15) is 9.59 Å². The number of aliphatic carboxylic acids is 1. The molecule has 0 radical (unpaired) electrons. The van der Waals surface area contributed by atoms with Crippen molar-refractivity contribution in [2.45, 2.75) is 41.0 Å². The molecular weight excluding hydrogens is 206 g/mol. The predicted molar refractivity (Wildman–Crippen MR) is 63.1 cm³/mol. The Balaban J connectivity index is 4.48. The number of amides is 1. The fourth-order valence-corrected chi connectivity index (χ4v) is 1.41. The van der Waals surface area contributed by atoms with Crippen molar-refractivity contribution in [2.24, 2.45) is 11.3 Å². The average molecular weight is 229 g/mol. The van der Waals surface area contributed by atoms with Crippen molar-refractivity contribution in [3.63, 3.8) is 0 Å². The van der Waals surface area contributed by atoms with E-state index in [4.69, 9.17) is 5.11 Å². The van der Waals surface area contributed by atoms with Crippen LogP contribution in [0.15, 0.2) is 0 Å². The van der Waals surface area contributed by atoms with Gasteiger partial charge in [-0.3, -0.25) is 9.59 Å². The van der Waals surface area contributed by atoms with Crippen LogP contribution in [0.2, 0.25) is 0 Å². The Kier molecular flexibility index (Phi) is 5.48. The maximum Gasteiger partial charge on any atom is 0.309 e. The van der Waals surface area contributed by atoms with Crippen LogP contribution in [-0.2, 0) is 9.59 Å². The highest BCUT2D eigenvalue weighted by Gasteiger charge is 2.31. The number of nitrogens with zero attached hydrogens (tertiary/aromatic N) is 1. The van der Waals surface area contributed by atoms with Gasteiger partial charge in [0.25, 0.3) is 0 Å². The lowest BCUT2D eigenvalue weighted by molar-refractivity contribution is -0.151. The number of rotatable bonds is 6. The van der Waals surface area contributed by atoms with Crippen molar-refractivity contribution < 1.29 is 14.7 Å². The van der Waals surface area contributed by atoms with Gasteiger partial charge in [0.1, 0.15) is 0 Å². The topological polar surface area (TPSA) is 57.6 Å². The van der Waals surface area contributed by atoms with Gasteiger partial charge in [-0.25, -0.2) is 0 Å². The molecule has 0 spiro atoms. The molecule has 0 fully saturated rings. The molecule has 0 aromatic heterocycles. The number of carboxylic acids is 1. The molecule has 0 rings (SSSR count). The van der Waals surface area contributed by atoms with E-state index in [1.165, 1.54) is 0 Å². The monoisotopic (exact) mass is 229 g/mol. The van der Waals surface area contributed by atoms with Crippen LogP contribution in [0.5, 0.6) is 0 Å². The van der Waals surface area contributed by atoms with E-state index in [1.54, 1.807) is 18.7 Å². The van der Waals surface area contributed by atoms with Crippen LogP contribution >= 0.6 is 0 Å². The average Bonchev–Trinajstić information content (AvgIpc) is 2.12. The summed E-state index contributed by atoms with van der Waals surface area (Å²) in [6.45, 7) is 10.5. The van der Waals surface area contributed by atoms with Crippen molar-refractivity contribution in [1.29, 1.82) is 0 Å². The zero-order valence-corrected chi connectivity index (χ0v) is 10.9. The van der Waals surface area contributed by atoms with Gasteiger partial charge in [-0.15, -0.1) is 0 Å². The maximum absolute atomic E-state index is 11.9. The molecule has 0 aliphatic rings. The van der Waals surface area contributed by atoms with Gasteiger partial charge in [0.2, 0.25) is 5.91 Å². The molecule has 16 heavy (non-hydrogen) atoms. The van der Waals surface area contributed by atoms with Gasteiger partial charge in [-0.2, -0.15) is 0 Å². The zero-order valence-electron chi connectivity index (χ0n) is 10.9. The molecule has 0 saturated heterocycles. The van der Waals surface area contributed by atoms with Gasteiger partial charge in [0.15, 0.2) is 0 Å². The highest BCUT2D eigenvalue weighted by Crippen LogP contribution is 2.21. The van der Waals surface area contributed by atoms with E-state index in [0.717, 1.165) is 0 Å². The Morgan fingerprint density at radius 2 is 1.81 bits per heavy atom. The minimum atomic E-state index is -0.985. The summed E-state index contributed by atoms with van der Waals surface area (Å²) in [5.74, 6) is -0.609. The fraction of sp³-hybridized carbons (Fsp3) is 0.833. The molecule has 1 amide bonds. The Hall–Kier alpha value is -1.06. The quantitative estimate of drug-likeness (QED) is 0.757. The van der Waals surface area contributed by atoms with Gasteiger partial charge in [-0.1, -0.05) is 13.8 Å². The molecule has 0 unspecified atom stereocenters. The lowest BCUT2D eigenvalue weighted by Gasteiger charge is -2.26. The molecule has 94 valence electrons. The van der Waals surface area contributed by atoms with Crippen LogP contribution in [0.1, 0.15) is 41.0 Å². The minimum Gasteiger partial charge on any atom is -0.481 e. The summed E-state index contributed by atoms with van der Waals surface area (Å²) in [7, 11) is 0. The lowest BCUT2D eigenvalue weighted by atomic mass is 9.89. The molecule has 4 nitrogen and oxygen atoms in total.